The molecule has 1 aromatic heterocycles. The van der Waals surface area contributed by atoms with Gasteiger partial charge in [-0.05, 0) is 42.0 Å². The minimum atomic E-state index is -1.42. The predicted molar refractivity (Wildman–Crippen MR) is 140 cm³/mol. The molecule has 4 aromatic rings. The van der Waals surface area contributed by atoms with E-state index < -0.39 is 30.2 Å². The van der Waals surface area contributed by atoms with Gasteiger partial charge in [0.2, 0.25) is 5.88 Å². The van der Waals surface area contributed by atoms with Gasteiger partial charge in [-0.25, -0.2) is 0 Å². The molecule has 4 rings (SSSR count). The van der Waals surface area contributed by atoms with Crippen molar-refractivity contribution in [3.8, 4) is 17.4 Å². The standard InChI is InChI=1S/C28H24N4O7/c1-38-22-13-12-17(15-23(22)39-2)14-20(29-26(35)18-8-4-3-5-9-18)27(36)31-30-25-19-10-6-7-11-21(19)32(28(25)37)16-24(33)34/h3-15,37H,16H2,1-2H3,(H,29,35)(H,33,34)/p-1/b20-14+,31-30?. The maximum Gasteiger partial charge on any atom is 0.311 e. The molecule has 0 atom stereocenters. The van der Waals surface area contributed by atoms with Crippen molar-refractivity contribution < 1.29 is 34.1 Å². The molecule has 1 heterocycles. The molecule has 0 aliphatic heterocycles. The van der Waals surface area contributed by atoms with E-state index in [0.717, 1.165) is 4.57 Å². The zero-order valence-corrected chi connectivity index (χ0v) is 21.0. The average Bonchev–Trinajstić information content (AvgIpc) is 3.21. The summed E-state index contributed by atoms with van der Waals surface area (Å²) in [4.78, 5) is 37.3. The fourth-order valence-corrected chi connectivity index (χ4v) is 3.85. The van der Waals surface area contributed by atoms with Gasteiger partial charge in [0.1, 0.15) is 5.70 Å². The quantitative estimate of drug-likeness (QED) is 0.250. The number of aliphatic carboxylic acids is 1. The summed E-state index contributed by atoms with van der Waals surface area (Å²) in [5.41, 5.74) is 0.841. The molecule has 2 amide bonds. The summed E-state index contributed by atoms with van der Waals surface area (Å²) in [5.74, 6) is -2.53. The monoisotopic (exact) mass is 527 g/mol. The summed E-state index contributed by atoms with van der Waals surface area (Å²) in [6.07, 6.45) is 1.39. The number of carboxylic acid groups (broad SMARTS) is 1. The minimum absolute atomic E-state index is 0.111. The van der Waals surface area contributed by atoms with E-state index in [1.54, 1.807) is 72.8 Å². The highest BCUT2D eigenvalue weighted by Gasteiger charge is 2.19. The molecule has 2 N–H and O–H groups in total. The van der Waals surface area contributed by atoms with Gasteiger partial charge in [-0.3, -0.25) is 9.59 Å². The number of carbonyl (C=O) groups excluding carboxylic acids is 3. The molecular formula is C28H23N4O7-. The van der Waals surface area contributed by atoms with Crippen LogP contribution in [0.2, 0.25) is 0 Å². The number of hydrogen-bond acceptors (Lipinski definition) is 8. The Morgan fingerprint density at radius 1 is 0.974 bits per heavy atom. The zero-order chi connectivity index (χ0) is 27.9. The van der Waals surface area contributed by atoms with Crippen LogP contribution < -0.4 is 19.9 Å². The van der Waals surface area contributed by atoms with Crippen molar-refractivity contribution in [2.75, 3.05) is 14.2 Å². The number of para-hydroxylation sites is 1. The maximum absolute atomic E-state index is 13.2. The van der Waals surface area contributed by atoms with E-state index >= 15 is 0 Å². The van der Waals surface area contributed by atoms with Gasteiger partial charge < -0.3 is 34.4 Å². The van der Waals surface area contributed by atoms with Crippen LogP contribution in [0.1, 0.15) is 15.9 Å². The number of nitrogens with one attached hydrogen (secondary N) is 1. The fourth-order valence-electron chi connectivity index (χ4n) is 3.85. The van der Waals surface area contributed by atoms with Gasteiger partial charge in [-0.1, -0.05) is 42.5 Å². The molecule has 11 heteroatoms. The first kappa shape index (κ1) is 26.6. The number of carbonyl (C=O) groups is 3. The SMILES string of the molecule is COc1ccc(/C=C(/NC(=O)c2ccccc2)C(=O)N=Nc2c(O)n(CC(=O)[O-])c3ccccc23)cc1OC. The molecule has 0 fully saturated rings. The van der Waals surface area contributed by atoms with Gasteiger partial charge in [0.25, 0.3) is 5.91 Å². The highest BCUT2D eigenvalue weighted by molar-refractivity contribution is 6.06. The van der Waals surface area contributed by atoms with Crippen LogP contribution in [0.4, 0.5) is 5.69 Å². The van der Waals surface area contributed by atoms with Crippen molar-refractivity contribution in [2.24, 2.45) is 10.2 Å². The molecule has 0 spiro atoms. The van der Waals surface area contributed by atoms with Crippen molar-refractivity contribution in [1.82, 2.24) is 9.88 Å². The van der Waals surface area contributed by atoms with Crippen LogP contribution in [-0.2, 0) is 16.1 Å². The highest BCUT2D eigenvalue weighted by Crippen LogP contribution is 2.38. The summed E-state index contributed by atoms with van der Waals surface area (Å²) in [6, 6.07) is 19.7. The molecule has 11 nitrogen and oxygen atoms in total. The Morgan fingerprint density at radius 2 is 1.67 bits per heavy atom. The first-order valence-electron chi connectivity index (χ1n) is 11.6. The Balaban J connectivity index is 1.73. The number of benzene rings is 3. The van der Waals surface area contributed by atoms with Gasteiger partial charge in [-0.15, -0.1) is 10.2 Å². The number of fused-ring (bicyclic) bond motifs is 1. The van der Waals surface area contributed by atoms with Crippen molar-refractivity contribution in [3.63, 3.8) is 0 Å². The average molecular weight is 528 g/mol. The number of rotatable bonds is 9. The third kappa shape index (κ3) is 5.93. The highest BCUT2D eigenvalue weighted by atomic mass is 16.5. The van der Waals surface area contributed by atoms with Crippen LogP contribution >= 0.6 is 0 Å². The normalized spacial score (nSPS) is 11.5. The van der Waals surface area contributed by atoms with Gasteiger partial charge in [-0.2, -0.15) is 0 Å². The third-order valence-corrected chi connectivity index (χ3v) is 5.68. The van der Waals surface area contributed by atoms with E-state index in [9.17, 15) is 24.6 Å². The molecule has 0 unspecified atom stereocenters. The lowest BCUT2D eigenvalue weighted by atomic mass is 10.1. The lowest BCUT2D eigenvalue weighted by molar-refractivity contribution is -0.306. The molecule has 0 aliphatic carbocycles. The Hall–Kier alpha value is -5.45. The maximum atomic E-state index is 13.2. The molecule has 0 bridgehead atoms. The zero-order valence-electron chi connectivity index (χ0n) is 21.0. The van der Waals surface area contributed by atoms with Gasteiger partial charge >= 0.3 is 5.91 Å². The molecule has 0 radical (unpaired) electrons. The first-order chi connectivity index (χ1) is 18.8. The van der Waals surface area contributed by atoms with Crippen LogP contribution in [0, 0.1) is 0 Å². The number of aromatic nitrogens is 1. The number of hydrogen-bond donors (Lipinski definition) is 2. The minimum Gasteiger partial charge on any atom is -0.548 e. The lowest BCUT2D eigenvalue weighted by Crippen LogP contribution is -2.27. The number of carboxylic acids is 1. The van der Waals surface area contributed by atoms with Crippen molar-refractivity contribution in [2.45, 2.75) is 6.54 Å². The van der Waals surface area contributed by atoms with Crippen molar-refractivity contribution in [3.05, 3.63) is 89.6 Å². The van der Waals surface area contributed by atoms with Crippen LogP contribution in [0.5, 0.6) is 17.4 Å². The summed E-state index contributed by atoms with van der Waals surface area (Å²) >= 11 is 0. The largest absolute Gasteiger partial charge is 0.548 e. The lowest BCUT2D eigenvalue weighted by Gasteiger charge is -2.10. The molecule has 0 aliphatic rings. The van der Waals surface area contributed by atoms with Gasteiger partial charge in [0.05, 0.1) is 32.3 Å². The molecule has 3 aromatic carbocycles. The van der Waals surface area contributed by atoms with Gasteiger partial charge in [0.15, 0.2) is 17.2 Å². The van der Waals surface area contributed by atoms with Crippen LogP contribution in [0.25, 0.3) is 17.0 Å². The Bertz CT molecular complexity index is 1610. The van der Waals surface area contributed by atoms with E-state index in [1.165, 1.54) is 20.3 Å². The number of aromatic hydroxyl groups is 1. The molecule has 39 heavy (non-hydrogen) atoms. The second kappa shape index (κ2) is 11.7. The number of nitrogens with zero attached hydrogens (tertiary/aromatic N) is 3. The number of methoxy groups -OCH3 is 2. The van der Waals surface area contributed by atoms with Gasteiger partial charge in [0, 0.05) is 10.9 Å². The second-order valence-corrected chi connectivity index (χ2v) is 8.15. The number of ether oxygens (including phenoxy) is 2. The molecule has 198 valence electrons. The van der Waals surface area contributed by atoms with Crippen molar-refractivity contribution in [1.29, 1.82) is 0 Å². The number of azo groups is 1. The first-order valence-corrected chi connectivity index (χ1v) is 11.6. The van der Waals surface area contributed by atoms with E-state index in [-0.39, 0.29) is 11.4 Å². The van der Waals surface area contributed by atoms with Crippen molar-refractivity contribution >= 4 is 40.4 Å². The summed E-state index contributed by atoms with van der Waals surface area (Å²) in [7, 11) is 2.95. The fraction of sp³-hybridized carbons (Fsp3) is 0.107. The molecule has 0 saturated heterocycles. The second-order valence-electron chi connectivity index (χ2n) is 8.15. The topological polar surface area (TPSA) is 155 Å². The molecule has 0 saturated carbocycles. The van der Waals surface area contributed by atoms with E-state index in [4.69, 9.17) is 9.47 Å². The van der Waals surface area contributed by atoms with Crippen LogP contribution in [0.3, 0.4) is 0 Å². The van der Waals surface area contributed by atoms with Crippen LogP contribution in [0.15, 0.2) is 88.7 Å². The third-order valence-electron chi connectivity index (χ3n) is 5.68. The summed E-state index contributed by atoms with van der Waals surface area (Å²) in [5, 5.41) is 32.4. The van der Waals surface area contributed by atoms with E-state index in [0.29, 0.717) is 33.5 Å². The Morgan fingerprint density at radius 3 is 2.36 bits per heavy atom. The Kier molecular flexibility index (Phi) is 8.00. The predicted octanol–water partition coefficient (Wildman–Crippen LogP) is 3.20. The molecular weight excluding hydrogens is 504 g/mol. The van der Waals surface area contributed by atoms with Crippen LogP contribution in [-0.4, -0.2) is 41.7 Å². The van der Waals surface area contributed by atoms with E-state index in [2.05, 4.69) is 15.5 Å². The summed E-state index contributed by atoms with van der Waals surface area (Å²) < 4.78 is 11.6. The smallest absolute Gasteiger partial charge is 0.311 e. The Labute approximate surface area is 222 Å². The summed E-state index contributed by atoms with van der Waals surface area (Å²) in [6.45, 7) is -0.632. The number of amides is 2. The van der Waals surface area contributed by atoms with E-state index in [1.807, 2.05) is 0 Å².